The van der Waals surface area contributed by atoms with Gasteiger partial charge in [0.05, 0.1) is 15.8 Å². The molecule has 7 heteroatoms. The number of nitrogens with one attached hydrogen (secondary N) is 1. The molecule has 0 saturated carbocycles. The molecule has 0 fully saturated rings. The number of thiazole rings is 1. The first-order chi connectivity index (χ1) is 10.0. The normalized spacial score (nSPS) is 10.8. The monoisotopic (exact) mass is 444 g/mol. The van der Waals surface area contributed by atoms with E-state index in [4.69, 9.17) is 11.6 Å². The maximum atomic E-state index is 12.3. The molecule has 0 spiro atoms. The van der Waals surface area contributed by atoms with Crippen LogP contribution in [-0.2, 0) is 0 Å². The zero-order valence-corrected chi connectivity index (χ0v) is 15.1. The minimum absolute atomic E-state index is 0.209. The molecular weight excluding hydrogens is 439 g/mol. The smallest absolute Gasteiger partial charge is 0.258 e. The second-order valence-corrected chi connectivity index (χ2v) is 7.45. The number of carbonyl (C=O) groups is 1. The minimum atomic E-state index is -0.209. The van der Waals surface area contributed by atoms with Gasteiger partial charge >= 0.3 is 0 Å². The summed E-state index contributed by atoms with van der Waals surface area (Å²) in [5.74, 6) is -0.209. The lowest BCUT2D eigenvalue weighted by molar-refractivity contribution is 0.102. The van der Waals surface area contributed by atoms with E-state index in [0.29, 0.717) is 15.7 Å². The minimum Gasteiger partial charge on any atom is -0.298 e. The Morgan fingerprint density at radius 3 is 2.76 bits per heavy atom. The molecule has 3 rings (SSSR count). The van der Waals surface area contributed by atoms with Crippen molar-refractivity contribution in [2.24, 2.45) is 0 Å². The molecule has 3 nitrogen and oxygen atoms in total. The first-order valence-electron chi connectivity index (χ1n) is 5.85. The van der Waals surface area contributed by atoms with Crippen LogP contribution >= 0.6 is 54.8 Å². The van der Waals surface area contributed by atoms with Crippen molar-refractivity contribution >= 4 is 76.1 Å². The lowest BCUT2D eigenvalue weighted by Crippen LogP contribution is -2.12. The summed E-state index contributed by atoms with van der Waals surface area (Å²) in [4.78, 5) is 16.6. The van der Waals surface area contributed by atoms with Gasteiger partial charge in [-0.1, -0.05) is 38.9 Å². The van der Waals surface area contributed by atoms with Crippen molar-refractivity contribution < 1.29 is 4.79 Å². The van der Waals surface area contributed by atoms with Crippen molar-refractivity contribution in [2.75, 3.05) is 5.32 Å². The Morgan fingerprint density at radius 2 is 2.00 bits per heavy atom. The van der Waals surface area contributed by atoms with E-state index in [-0.39, 0.29) is 5.91 Å². The van der Waals surface area contributed by atoms with Crippen molar-refractivity contribution in [3.05, 3.63) is 55.9 Å². The fourth-order valence-corrected chi connectivity index (χ4v) is 4.15. The van der Waals surface area contributed by atoms with Crippen LogP contribution in [0.5, 0.6) is 0 Å². The van der Waals surface area contributed by atoms with Crippen molar-refractivity contribution in [2.45, 2.75) is 0 Å². The molecule has 1 aromatic heterocycles. The van der Waals surface area contributed by atoms with Gasteiger partial charge in [-0.25, -0.2) is 4.98 Å². The predicted octanol–water partition coefficient (Wildman–Crippen LogP) is 5.73. The number of nitrogens with zero attached hydrogens (tertiary/aromatic N) is 1. The second kappa shape index (κ2) is 6.04. The van der Waals surface area contributed by atoms with Gasteiger partial charge < -0.3 is 0 Å². The average molecular weight is 447 g/mol. The van der Waals surface area contributed by atoms with Crippen LogP contribution in [0.4, 0.5) is 5.13 Å². The van der Waals surface area contributed by atoms with Crippen molar-refractivity contribution in [1.82, 2.24) is 4.98 Å². The Morgan fingerprint density at radius 1 is 1.19 bits per heavy atom. The fraction of sp³-hybridized carbons (Fsp3) is 0. The number of fused-ring (bicyclic) bond motifs is 1. The van der Waals surface area contributed by atoms with Gasteiger partial charge in [-0.05, 0) is 52.3 Å². The summed E-state index contributed by atoms with van der Waals surface area (Å²) < 4.78 is 2.56. The Kier molecular flexibility index (Phi) is 4.31. The van der Waals surface area contributed by atoms with E-state index in [1.807, 2.05) is 24.3 Å². The molecule has 0 atom stereocenters. The molecule has 0 aliphatic heterocycles. The summed E-state index contributed by atoms with van der Waals surface area (Å²) in [5, 5.41) is 4.01. The van der Waals surface area contributed by atoms with E-state index >= 15 is 0 Å². The molecule has 1 N–H and O–H groups in total. The first kappa shape index (κ1) is 15.0. The summed E-state index contributed by atoms with van der Waals surface area (Å²) in [7, 11) is 0. The van der Waals surface area contributed by atoms with Crippen LogP contribution in [0.25, 0.3) is 10.2 Å². The van der Waals surface area contributed by atoms with Crippen molar-refractivity contribution in [1.29, 1.82) is 0 Å². The van der Waals surface area contributed by atoms with Crippen LogP contribution in [0.3, 0.4) is 0 Å². The Balaban J connectivity index is 1.89. The van der Waals surface area contributed by atoms with E-state index in [0.717, 1.165) is 19.2 Å². The van der Waals surface area contributed by atoms with Crippen LogP contribution in [0.1, 0.15) is 10.4 Å². The van der Waals surface area contributed by atoms with Crippen molar-refractivity contribution in [3.63, 3.8) is 0 Å². The molecule has 0 aliphatic rings. The summed E-state index contributed by atoms with van der Waals surface area (Å²) in [5.41, 5.74) is 1.37. The number of benzene rings is 2. The third-order valence-electron chi connectivity index (χ3n) is 2.75. The van der Waals surface area contributed by atoms with Gasteiger partial charge in [0.1, 0.15) is 0 Å². The molecule has 0 radical (unpaired) electrons. The highest BCUT2D eigenvalue weighted by atomic mass is 79.9. The van der Waals surface area contributed by atoms with Gasteiger partial charge in [0.2, 0.25) is 0 Å². The predicted molar refractivity (Wildman–Crippen MR) is 94.4 cm³/mol. The molecule has 1 amide bonds. The van der Waals surface area contributed by atoms with Gasteiger partial charge in [-0.2, -0.15) is 0 Å². The highest BCUT2D eigenvalue weighted by molar-refractivity contribution is 9.11. The summed E-state index contributed by atoms with van der Waals surface area (Å²) in [6.45, 7) is 0. The molecule has 106 valence electrons. The lowest BCUT2D eigenvalue weighted by Gasteiger charge is -2.04. The highest BCUT2D eigenvalue weighted by Gasteiger charge is 2.13. The zero-order valence-electron chi connectivity index (χ0n) is 10.4. The Hall–Kier alpha value is -0.950. The molecule has 0 saturated heterocycles. The van der Waals surface area contributed by atoms with Crippen LogP contribution in [0, 0.1) is 0 Å². The number of hydrogen-bond donors (Lipinski definition) is 1. The first-order valence-corrected chi connectivity index (χ1v) is 8.63. The summed E-state index contributed by atoms with van der Waals surface area (Å²) >= 11 is 14.1. The van der Waals surface area contributed by atoms with Gasteiger partial charge in [0, 0.05) is 14.0 Å². The van der Waals surface area contributed by atoms with E-state index in [2.05, 4.69) is 42.2 Å². The molecule has 2 aromatic carbocycles. The van der Waals surface area contributed by atoms with E-state index in [1.54, 1.807) is 12.1 Å². The molecule has 0 unspecified atom stereocenters. The van der Waals surface area contributed by atoms with Crippen LogP contribution in [0.2, 0.25) is 5.02 Å². The van der Waals surface area contributed by atoms with Gasteiger partial charge in [0.25, 0.3) is 5.91 Å². The standard InChI is InChI=1S/C14H7Br2ClN2OS/c15-7-1-3-9(10(16)5-7)13(20)19-14-18-11-4-2-8(17)6-12(11)21-14/h1-6H,(H,18,19,20). The van der Waals surface area contributed by atoms with Crippen molar-refractivity contribution in [3.8, 4) is 0 Å². The number of rotatable bonds is 2. The second-order valence-electron chi connectivity index (χ2n) is 4.21. The van der Waals surface area contributed by atoms with Gasteiger partial charge in [-0.3, -0.25) is 10.1 Å². The molecule has 1 heterocycles. The fourth-order valence-electron chi connectivity index (χ4n) is 1.79. The van der Waals surface area contributed by atoms with E-state index in [1.165, 1.54) is 11.3 Å². The number of carbonyl (C=O) groups excluding carboxylic acids is 1. The zero-order chi connectivity index (χ0) is 15.0. The Bertz CT molecular complexity index is 850. The molecule has 0 bridgehead atoms. The van der Waals surface area contributed by atoms with E-state index in [9.17, 15) is 4.79 Å². The molecule has 21 heavy (non-hydrogen) atoms. The number of halogens is 3. The summed E-state index contributed by atoms with van der Waals surface area (Å²) in [6, 6.07) is 10.8. The quantitative estimate of drug-likeness (QED) is 0.547. The topological polar surface area (TPSA) is 42.0 Å². The maximum Gasteiger partial charge on any atom is 0.258 e. The van der Waals surface area contributed by atoms with Gasteiger partial charge in [-0.15, -0.1) is 0 Å². The number of hydrogen-bond acceptors (Lipinski definition) is 3. The molecular formula is C14H7Br2ClN2OS. The largest absolute Gasteiger partial charge is 0.298 e. The van der Waals surface area contributed by atoms with Crippen LogP contribution in [0.15, 0.2) is 45.3 Å². The number of aromatic nitrogens is 1. The molecule has 3 aromatic rings. The summed E-state index contributed by atoms with van der Waals surface area (Å²) in [6.07, 6.45) is 0. The Labute approximate surface area is 146 Å². The highest BCUT2D eigenvalue weighted by Crippen LogP contribution is 2.29. The van der Waals surface area contributed by atoms with Crippen LogP contribution < -0.4 is 5.32 Å². The lowest BCUT2D eigenvalue weighted by atomic mass is 10.2. The number of anilines is 1. The third-order valence-corrected chi connectivity index (χ3v) is 5.06. The van der Waals surface area contributed by atoms with Gasteiger partial charge in [0.15, 0.2) is 5.13 Å². The number of amides is 1. The van der Waals surface area contributed by atoms with E-state index < -0.39 is 0 Å². The third kappa shape index (κ3) is 3.29. The van der Waals surface area contributed by atoms with Crippen LogP contribution in [-0.4, -0.2) is 10.9 Å². The maximum absolute atomic E-state index is 12.3. The molecule has 0 aliphatic carbocycles. The SMILES string of the molecule is O=C(Nc1nc2ccc(Cl)cc2s1)c1ccc(Br)cc1Br. The average Bonchev–Trinajstić information content (AvgIpc) is 2.79.